The Balaban J connectivity index is 1.69. The molecule has 1 saturated heterocycles. The van der Waals surface area contributed by atoms with Crippen LogP contribution >= 0.6 is 0 Å². The third-order valence-electron chi connectivity index (χ3n) is 4.28. The summed E-state index contributed by atoms with van der Waals surface area (Å²) in [4.78, 5) is 13.0. The number of benzene rings is 2. The summed E-state index contributed by atoms with van der Waals surface area (Å²) in [6.45, 7) is 0.716. The zero-order chi connectivity index (χ0) is 16.3. The fraction of sp³-hybridized carbons (Fsp3) is 0.316. The second-order valence-corrected chi connectivity index (χ2v) is 5.88. The third kappa shape index (κ3) is 3.58. The maximum absolute atomic E-state index is 14.3. The molecule has 0 aromatic heterocycles. The normalized spacial score (nSPS) is 15.2. The Hall–Kier alpha value is -2.23. The molecule has 3 rings (SSSR count). The van der Waals surface area contributed by atoms with Crippen molar-refractivity contribution in [2.75, 3.05) is 13.1 Å². The van der Waals surface area contributed by atoms with E-state index in [0.717, 1.165) is 17.5 Å². The molecule has 2 aromatic rings. The molecular formula is C19H19F2NO. The Morgan fingerprint density at radius 1 is 0.957 bits per heavy atom. The zero-order valence-electron chi connectivity index (χ0n) is 12.8. The van der Waals surface area contributed by atoms with Gasteiger partial charge < -0.3 is 4.90 Å². The SMILES string of the molecule is O=C1CCCN1CCC(F)(F)c1ccc(-c2ccccc2)cc1. The molecule has 2 nitrogen and oxygen atoms in total. The number of likely N-dealkylation sites (tertiary alicyclic amines) is 1. The highest BCUT2D eigenvalue weighted by Gasteiger charge is 2.33. The lowest BCUT2D eigenvalue weighted by molar-refractivity contribution is -0.128. The van der Waals surface area contributed by atoms with Crippen molar-refractivity contribution in [2.45, 2.75) is 25.2 Å². The fourth-order valence-electron chi connectivity index (χ4n) is 2.90. The van der Waals surface area contributed by atoms with Crippen molar-refractivity contribution >= 4 is 5.91 Å². The predicted octanol–water partition coefficient (Wildman–Crippen LogP) is 4.46. The van der Waals surface area contributed by atoms with Crippen LogP contribution in [-0.2, 0) is 10.7 Å². The molecule has 0 saturated carbocycles. The molecule has 0 aliphatic carbocycles. The smallest absolute Gasteiger partial charge is 0.274 e. The van der Waals surface area contributed by atoms with Gasteiger partial charge in [-0.25, -0.2) is 8.78 Å². The highest BCUT2D eigenvalue weighted by Crippen LogP contribution is 2.33. The van der Waals surface area contributed by atoms with Gasteiger partial charge in [0.25, 0.3) is 5.92 Å². The van der Waals surface area contributed by atoms with E-state index in [0.29, 0.717) is 13.0 Å². The lowest BCUT2D eigenvalue weighted by Crippen LogP contribution is -2.29. The van der Waals surface area contributed by atoms with Gasteiger partial charge in [-0.15, -0.1) is 0 Å². The molecule has 1 amide bonds. The van der Waals surface area contributed by atoms with Gasteiger partial charge in [0.1, 0.15) is 0 Å². The van der Waals surface area contributed by atoms with Crippen LogP contribution < -0.4 is 0 Å². The summed E-state index contributed by atoms with van der Waals surface area (Å²) in [6, 6.07) is 16.1. The number of carbonyl (C=O) groups is 1. The van der Waals surface area contributed by atoms with E-state index in [9.17, 15) is 13.6 Å². The van der Waals surface area contributed by atoms with Gasteiger partial charge in [0.2, 0.25) is 5.91 Å². The largest absolute Gasteiger partial charge is 0.342 e. The minimum absolute atomic E-state index is 0.00354. The van der Waals surface area contributed by atoms with Crippen molar-refractivity contribution < 1.29 is 13.6 Å². The molecule has 0 spiro atoms. The van der Waals surface area contributed by atoms with E-state index < -0.39 is 5.92 Å². The van der Waals surface area contributed by atoms with E-state index in [1.165, 1.54) is 17.0 Å². The lowest BCUT2D eigenvalue weighted by atomic mass is 10.00. The van der Waals surface area contributed by atoms with Gasteiger partial charge in [-0.1, -0.05) is 54.6 Å². The van der Waals surface area contributed by atoms with Crippen LogP contribution in [0.4, 0.5) is 8.78 Å². The van der Waals surface area contributed by atoms with Crippen LogP contribution in [0.1, 0.15) is 24.8 Å². The van der Waals surface area contributed by atoms with E-state index in [2.05, 4.69) is 0 Å². The molecule has 1 fully saturated rings. The molecule has 2 aromatic carbocycles. The Morgan fingerprint density at radius 2 is 1.61 bits per heavy atom. The summed E-state index contributed by atoms with van der Waals surface area (Å²) in [7, 11) is 0. The summed E-state index contributed by atoms with van der Waals surface area (Å²) in [5.74, 6) is -2.93. The van der Waals surface area contributed by atoms with Crippen molar-refractivity contribution in [3.05, 3.63) is 60.2 Å². The molecule has 0 bridgehead atoms. The summed E-state index contributed by atoms with van der Waals surface area (Å²) >= 11 is 0. The first kappa shape index (κ1) is 15.7. The lowest BCUT2D eigenvalue weighted by Gasteiger charge is -2.21. The first-order valence-electron chi connectivity index (χ1n) is 7.88. The Bertz CT molecular complexity index is 668. The van der Waals surface area contributed by atoms with E-state index in [1.807, 2.05) is 30.3 Å². The monoisotopic (exact) mass is 315 g/mol. The molecule has 1 aliphatic heterocycles. The highest BCUT2D eigenvalue weighted by atomic mass is 19.3. The van der Waals surface area contributed by atoms with Gasteiger partial charge in [0, 0.05) is 31.5 Å². The molecule has 0 unspecified atom stereocenters. The molecule has 0 atom stereocenters. The van der Waals surface area contributed by atoms with Crippen molar-refractivity contribution in [1.29, 1.82) is 0 Å². The van der Waals surface area contributed by atoms with Gasteiger partial charge in [-0.3, -0.25) is 4.79 Å². The maximum Gasteiger partial charge on any atom is 0.274 e. The predicted molar refractivity (Wildman–Crippen MR) is 86.2 cm³/mol. The first-order valence-corrected chi connectivity index (χ1v) is 7.88. The van der Waals surface area contributed by atoms with Crippen LogP contribution in [-0.4, -0.2) is 23.9 Å². The molecule has 120 valence electrons. The van der Waals surface area contributed by atoms with Crippen LogP contribution in [0.5, 0.6) is 0 Å². The van der Waals surface area contributed by atoms with Crippen LogP contribution in [0.15, 0.2) is 54.6 Å². The molecule has 0 N–H and O–H groups in total. The molecule has 0 radical (unpaired) electrons. The van der Waals surface area contributed by atoms with Crippen LogP contribution in [0.2, 0.25) is 0 Å². The number of halogens is 2. The number of alkyl halides is 2. The Kier molecular flexibility index (Phi) is 4.42. The topological polar surface area (TPSA) is 20.3 Å². The molecule has 4 heteroatoms. The second-order valence-electron chi connectivity index (χ2n) is 5.88. The van der Waals surface area contributed by atoms with Gasteiger partial charge >= 0.3 is 0 Å². The van der Waals surface area contributed by atoms with E-state index in [4.69, 9.17) is 0 Å². The Morgan fingerprint density at radius 3 is 2.22 bits per heavy atom. The highest BCUT2D eigenvalue weighted by molar-refractivity contribution is 5.78. The summed E-state index contributed by atoms with van der Waals surface area (Å²) in [6.07, 6.45) is 0.928. The standard InChI is InChI=1S/C19H19F2NO/c20-19(21,12-14-22-13-4-7-18(22)23)17-10-8-16(9-11-17)15-5-2-1-3-6-15/h1-3,5-6,8-11H,4,7,12-14H2. The summed E-state index contributed by atoms with van der Waals surface area (Å²) in [5, 5.41) is 0. The molecular weight excluding hydrogens is 296 g/mol. The number of hydrogen-bond acceptors (Lipinski definition) is 1. The second kappa shape index (κ2) is 6.49. The van der Waals surface area contributed by atoms with Crippen LogP contribution in [0.3, 0.4) is 0 Å². The number of amides is 1. The van der Waals surface area contributed by atoms with Crippen molar-refractivity contribution in [3.63, 3.8) is 0 Å². The fourth-order valence-corrected chi connectivity index (χ4v) is 2.90. The molecule has 1 aliphatic rings. The van der Waals surface area contributed by atoms with E-state index in [-0.39, 0.29) is 24.4 Å². The first-order chi connectivity index (χ1) is 11.1. The van der Waals surface area contributed by atoms with Crippen molar-refractivity contribution in [3.8, 4) is 11.1 Å². The maximum atomic E-state index is 14.3. The van der Waals surface area contributed by atoms with Crippen molar-refractivity contribution in [1.82, 2.24) is 4.90 Å². The van der Waals surface area contributed by atoms with Crippen molar-refractivity contribution in [2.24, 2.45) is 0 Å². The minimum Gasteiger partial charge on any atom is -0.342 e. The van der Waals surface area contributed by atoms with E-state index in [1.54, 1.807) is 12.1 Å². The summed E-state index contributed by atoms with van der Waals surface area (Å²) in [5.41, 5.74) is 1.92. The van der Waals surface area contributed by atoms with Crippen LogP contribution in [0.25, 0.3) is 11.1 Å². The number of nitrogens with zero attached hydrogens (tertiary/aromatic N) is 1. The quantitative estimate of drug-likeness (QED) is 0.798. The average molecular weight is 315 g/mol. The zero-order valence-corrected chi connectivity index (χ0v) is 12.8. The van der Waals surface area contributed by atoms with Gasteiger partial charge in [-0.2, -0.15) is 0 Å². The number of rotatable bonds is 5. The molecule has 1 heterocycles. The Labute approximate surface area is 134 Å². The van der Waals surface area contributed by atoms with Gasteiger partial charge in [0.15, 0.2) is 0 Å². The molecule has 23 heavy (non-hydrogen) atoms. The number of hydrogen-bond donors (Lipinski definition) is 0. The third-order valence-corrected chi connectivity index (χ3v) is 4.28. The van der Waals surface area contributed by atoms with Gasteiger partial charge in [-0.05, 0) is 17.5 Å². The average Bonchev–Trinajstić information content (AvgIpc) is 2.99. The minimum atomic E-state index is -2.92. The summed E-state index contributed by atoms with van der Waals surface area (Å²) < 4.78 is 28.7. The van der Waals surface area contributed by atoms with E-state index >= 15 is 0 Å². The van der Waals surface area contributed by atoms with Gasteiger partial charge in [0.05, 0.1) is 0 Å². The van der Waals surface area contributed by atoms with Crippen LogP contribution in [0, 0.1) is 0 Å². The number of carbonyl (C=O) groups excluding carboxylic acids is 1.